The molecule has 0 radical (unpaired) electrons. The fourth-order valence-electron chi connectivity index (χ4n) is 4.08. The van der Waals surface area contributed by atoms with Crippen LogP contribution in [-0.2, 0) is 4.79 Å². The third kappa shape index (κ3) is 1.77. The molecule has 0 saturated heterocycles. The highest BCUT2D eigenvalue weighted by Crippen LogP contribution is 2.49. The van der Waals surface area contributed by atoms with Crippen LogP contribution in [0.3, 0.4) is 0 Å². The first-order valence-corrected chi connectivity index (χ1v) is 9.08. The van der Waals surface area contributed by atoms with E-state index < -0.39 is 0 Å². The Kier molecular flexibility index (Phi) is 2.91. The fraction of sp³-hybridized carbons (Fsp3) is 0.200. The smallest absolute Gasteiger partial charge is 0.192 e. The Morgan fingerprint density at radius 1 is 0.958 bits per heavy atom. The monoisotopic (exact) mass is 333 g/mol. The Balaban J connectivity index is 1.77. The van der Waals surface area contributed by atoms with Gasteiger partial charge in [0.05, 0.1) is 11.6 Å². The lowest BCUT2D eigenvalue weighted by molar-refractivity contribution is -0.116. The van der Waals surface area contributed by atoms with Crippen LogP contribution in [0.2, 0.25) is 0 Å². The topological polar surface area (TPSA) is 46.2 Å². The molecule has 1 aromatic heterocycles. The first-order chi connectivity index (χ1) is 11.8. The molecular formula is C20H15NO2S. The molecule has 2 aromatic rings. The highest BCUT2D eigenvalue weighted by atomic mass is 32.1. The molecule has 24 heavy (non-hydrogen) atoms. The van der Waals surface area contributed by atoms with E-state index in [1.807, 2.05) is 41.8 Å². The quantitative estimate of drug-likeness (QED) is 0.856. The number of nitrogens with one attached hydrogen (secondary N) is 1. The van der Waals surface area contributed by atoms with Crippen molar-refractivity contribution in [2.24, 2.45) is 0 Å². The Bertz CT molecular complexity index is 950. The van der Waals surface area contributed by atoms with Gasteiger partial charge in [-0.15, -0.1) is 11.3 Å². The molecule has 0 amide bonds. The van der Waals surface area contributed by atoms with E-state index in [0.29, 0.717) is 6.42 Å². The lowest BCUT2D eigenvalue weighted by Crippen LogP contribution is -2.31. The number of hydrogen-bond acceptors (Lipinski definition) is 4. The summed E-state index contributed by atoms with van der Waals surface area (Å²) < 4.78 is 0. The average molecular weight is 333 g/mol. The van der Waals surface area contributed by atoms with Gasteiger partial charge in [0.2, 0.25) is 0 Å². The van der Waals surface area contributed by atoms with E-state index in [1.165, 1.54) is 0 Å². The van der Waals surface area contributed by atoms with Crippen LogP contribution in [0.5, 0.6) is 0 Å². The minimum atomic E-state index is -0.219. The van der Waals surface area contributed by atoms with Crippen LogP contribution in [0.25, 0.3) is 5.70 Å². The number of fused-ring (bicyclic) bond motifs is 2. The van der Waals surface area contributed by atoms with Crippen molar-refractivity contribution in [3.8, 4) is 0 Å². The molecule has 0 bridgehead atoms. The molecule has 5 rings (SSSR count). The number of rotatable bonds is 1. The van der Waals surface area contributed by atoms with Crippen molar-refractivity contribution < 1.29 is 9.59 Å². The molecule has 4 heteroatoms. The summed E-state index contributed by atoms with van der Waals surface area (Å²) in [6, 6.07) is 11.7. The molecule has 2 heterocycles. The van der Waals surface area contributed by atoms with Crippen molar-refractivity contribution >= 4 is 28.6 Å². The zero-order chi connectivity index (χ0) is 16.3. The van der Waals surface area contributed by atoms with Gasteiger partial charge in [0, 0.05) is 39.3 Å². The van der Waals surface area contributed by atoms with Crippen molar-refractivity contribution in [3.05, 3.63) is 74.6 Å². The Labute approximate surface area is 143 Å². The van der Waals surface area contributed by atoms with Gasteiger partial charge in [0.25, 0.3) is 0 Å². The minimum absolute atomic E-state index is 0.0522. The maximum Gasteiger partial charge on any atom is 0.192 e. The number of Topliss-reactive ketones (excluding diaryl/α,β-unsaturated/α-hetero) is 2. The van der Waals surface area contributed by atoms with Gasteiger partial charge in [0.15, 0.2) is 11.6 Å². The summed E-state index contributed by atoms with van der Waals surface area (Å²) >= 11 is 1.62. The Morgan fingerprint density at radius 2 is 1.79 bits per heavy atom. The second kappa shape index (κ2) is 5.02. The molecule has 118 valence electrons. The van der Waals surface area contributed by atoms with Crippen LogP contribution in [0.1, 0.15) is 46.0 Å². The van der Waals surface area contributed by atoms with Gasteiger partial charge >= 0.3 is 0 Å². The van der Waals surface area contributed by atoms with E-state index in [-0.39, 0.29) is 17.5 Å². The van der Waals surface area contributed by atoms with Gasteiger partial charge in [-0.25, -0.2) is 0 Å². The van der Waals surface area contributed by atoms with Crippen LogP contribution in [0.15, 0.2) is 58.6 Å². The molecule has 1 atom stereocenters. The van der Waals surface area contributed by atoms with Crippen molar-refractivity contribution in [2.75, 3.05) is 0 Å². The molecule has 3 aliphatic rings. The fourth-order valence-corrected chi connectivity index (χ4v) is 4.92. The van der Waals surface area contributed by atoms with Gasteiger partial charge in [-0.05, 0) is 24.3 Å². The van der Waals surface area contributed by atoms with Crippen LogP contribution in [-0.4, -0.2) is 11.6 Å². The highest BCUT2D eigenvalue weighted by molar-refractivity contribution is 7.10. The second-order valence-corrected chi connectivity index (χ2v) is 7.39. The highest BCUT2D eigenvalue weighted by Gasteiger charge is 2.43. The number of benzene rings is 1. The summed E-state index contributed by atoms with van der Waals surface area (Å²) in [6.45, 7) is 0. The number of thiophene rings is 1. The third-order valence-electron chi connectivity index (χ3n) is 5.09. The molecule has 0 fully saturated rings. The van der Waals surface area contributed by atoms with Crippen LogP contribution >= 0.6 is 11.3 Å². The van der Waals surface area contributed by atoms with Gasteiger partial charge in [0.1, 0.15) is 0 Å². The summed E-state index contributed by atoms with van der Waals surface area (Å²) in [4.78, 5) is 26.8. The molecule has 1 aromatic carbocycles. The molecule has 0 spiro atoms. The predicted molar refractivity (Wildman–Crippen MR) is 93.8 cm³/mol. The van der Waals surface area contributed by atoms with Gasteiger partial charge in [-0.3, -0.25) is 9.59 Å². The number of ketones is 2. The summed E-state index contributed by atoms with van der Waals surface area (Å²) in [7, 11) is 0. The number of carbonyl (C=O) groups is 2. The maximum absolute atomic E-state index is 13.1. The number of carbonyl (C=O) groups excluding carboxylic acids is 2. The first-order valence-electron chi connectivity index (χ1n) is 8.20. The lowest BCUT2D eigenvalue weighted by atomic mass is 9.77. The maximum atomic E-state index is 13.1. The summed E-state index contributed by atoms with van der Waals surface area (Å²) in [6.07, 6.45) is 2.32. The summed E-state index contributed by atoms with van der Waals surface area (Å²) in [5.41, 5.74) is 5.17. The van der Waals surface area contributed by atoms with Crippen molar-refractivity contribution in [3.63, 3.8) is 0 Å². The Morgan fingerprint density at radius 3 is 2.58 bits per heavy atom. The average Bonchev–Trinajstić information content (AvgIpc) is 3.22. The second-order valence-electron chi connectivity index (χ2n) is 6.41. The Hall–Kier alpha value is -2.46. The zero-order valence-corrected chi connectivity index (χ0v) is 13.8. The molecule has 2 aliphatic carbocycles. The van der Waals surface area contributed by atoms with Crippen molar-refractivity contribution in [2.45, 2.75) is 25.2 Å². The largest absolute Gasteiger partial charge is 0.358 e. The van der Waals surface area contributed by atoms with E-state index in [1.54, 1.807) is 11.3 Å². The molecule has 3 nitrogen and oxygen atoms in total. The van der Waals surface area contributed by atoms with E-state index in [9.17, 15) is 9.59 Å². The van der Waals surface area contributed by atoms with Crippen molar-refractivity contribution in [1.82, 2.24) is 5.32 Å². The van der Waals surface area contributed by atoms with Crippen LogP contribution in [0, 0.1) is 0 Å². The molecule has 1 N–H and O–H groups in total. The summed E-state index contributed by atoms with van der Waals surface area (Å²) in [5.74, 6) is 0.0119. The molecule has 1 unspecified atom stereocenters. The molecular weight excluding hydrogens is 318 g/mol. The summed E-state index contributed by atoms with van der Waals surface area (Å²) in [5, 5.41) is 5.46. The van der Waals surface area contributed by atoms with Gasteiger partial charge in [-0.1, -0.05) is 30.3 Å². The van der Waals surface area contributed by atoms with Crippen LogP contribution in [0.4, 0.5) is 0 Å². The van der Waals surface area contributed by atoms with E-state index in [2.05, 4.69) is 5.32 Å². The van der Waals surface area contributed by atoms with E-state index in [0.717, 1.165) is 51.4 Å². The molecule has 0 saturated carbocycles. The van der Waals surface area contributed by atoms with Crippen molar-refractivity contribution in [1.29, 1.82) is 0 Å². The minimum Gasteiger partial charge on any atom is -0.358 e. The lowest BCUT2D eigenvalue weighted by Gasteiger charge is -2.32. The number of hydrogen-bond donors (Lipinski definition) is 1. The third-order valence-corrected chi connectivity index (χ3v) is 6.03. The number of dihydropyridines is 1. The van der Waals surface area contributed by atoms with Gasteiger partial charge < -0.3 is 5.32 Å². The van der Waals surface area contributed by atoms with E-state index >= 15 is 0 Å². The SMILES string of the molecule is O=C1CCCC2=C1C(c1cccs1)C1=C(N2)c2ccccc2C1=O. The van der Waals surface area contributed by atoms with E-state index in [4.69, 9.17) is 0 Å². The van der Waals surface area contributed by atoms with Gasteiger partial charge in [-0.2, -0.15) is 0 Å². The predicted octanol–water partition coefficient (Wildman–Crippen LogP) is 4.05. The molecule has 1 aliphatic heterocycles. The zero-order valence-electron chi connectivity index (χ0n) is 13.0. The first kappa shape index (κ1) is 13.9. The normalized spacial score (nSPS) is 22.2. The standard InChI is InChI=1S/C20H15NO2S/c22-14-8-3-7-13-16(14)17(15-9-4-10-24-15)18-19(21-13)11-5-1-2-6-12(11)20(18)23/h1-2,4-6,9-10,17,21H,3,7-8H2. The number of allylic oxidation sites excluding steroid dienone is 3. The van der Waals surface area contributed by atoms with Crippen LogP contribution < -0.4 is 5.32 Å².